The second-order valence-electron chi connectivity index (χ2n) is 4.10. The average Bonchev–Trinajstić information content (AvgIpc) is 2.43. The third-order valence-corrected chi connectivity index (χ3v) is 3.01. The van der Waals surface area contributed by atoms with E-state index in [1.807, 2.05) is 13.0 Å². The number of carbonyl (C=O) groups excluding carboxylic acids is 2. The number of aryl methyl sites for hydroxylation is 1. The summed E-state index contributed by atoms with van der Waals surface area (Å²) in [4.78, 5) is 22.6. The largest absolute Gasteiger partial charge is 0.496 e. The molecule has 0 bridgehead atoms. The minimum absolute atomic E-state index is 0.215. The van der Waals surface area contributed by atoms with Gasteiger partial charge in [0.05, 0.1) is 19.3 Å². The van der Waals surface area contributed by atoms with Crippen LogP contribution in [0.2, 0.25) is 0 Å². The Balaban J connectivity index is 2.95. The maximum atomic E-state index is 11.4. The van der Waals surface area contributed by atoms with E-state index in [1.165, 1.54) is 0 Å². The van der Waals surface area contributed by atoms with Gasteiger partial charge in [0.25, 0.3) is 0 Å². The molecule has 0 saturated heterocycles. The number of hydrogen-bond donors (Lipinski definition) is 0. The third kappa shape index (κ3) is 3.81. The lowest BCUT2D eigenvalue weighted by Crippen LogP contribution is -2.07. The molecular formula is C15H20O4. The molecular weight excluding hydrogens is 244 g/mol. The predicted molar refractivity (Wildman–Crippen MR) is 72.7 cm³/mol. The molecule has 0 aliphatic heterocycles. The Morgan fingerprint density at radius 1 is 1.32 bits per heavy atom. The number of ether oxygens (including phenoxy) is 2. The Labute approximate surface area is 113 Å². The van der Waals surface area contributed by atoms with E-state index in [-0.39, 0.29) is 5.97 Å². The van der Waals surface area contributed by atoms with Gasteiger partial charge in [-0.05, 0) is 37.0 Å². The molecule has 104 valence electrons. The molecule has 19 heavy (non-hydrogen) atoms. The topological polar surface area (TPSA) is 52.6 Å². The van der Waals surface area contributed by atoms with Crippen molar-refractivity contribution in [2.45, 2.75) is 33.1 Å². The summed E-state index contributed by atoms with van der Waals surface area (Å²) in [6.07, 6.45) is 2.44. The molecule has 0 heterocycles. The van der Waals surface area contributed by atoms with Gasteiger partial charge in [-0.15, -0.1) is 0 Å². The lowest BCUT2D eigenvalue weighted by Gasteiger charge is -2.13. The summed E-state index contributed by atoms with van der Waals surface area (Å²) in [5.74, 6) is 0.361. The van der Waals surface area contributed by atoms with Crippen LogP contribution in [0.3, 0.4) is 0 Å². The number of rotatable bonds is 7. The fourth-order valence-corrected chi connectivity index (χ4v) is 2.12. The highest BCUT2D eigenvalue weighted by atomic mass is 16.5. The maximum Gasteiger partial charge on any atom is 0.306 e. The van der Waals surface area contributed by atoms with Crippen molar-refractivity contribution in [3.63, 3.8) is 0 Å². The van der Waals surface area contributed by atoms with Gasteiger partial charge in [-0.1, -0.05) is 13.0 Å². The Hall–Kier alpha value is -1.84. The Morgan fingerprint density at radius 2 is 2.05 bits per heavy atom. The molecule has 0 aliphatic carbocycles. The maximum absolute atomic E-state index is 11.4. The van der Waals surface area contributed by atoms with Crippen molar-refractivity contribution in [1.82, 2.24) is 0 Å². The first-order valence-electron chi connectivity index (χ1n) is 6.47. The van der Waals surface area contributed by atoms with Gasteiger partial charge in [0.2, 0.25) is 0 Å². The van der Waals surface area contributed by atoms with E-state index in [0.717, 1.165) is 23.8 Å². The van der Waals surface area contributed by atoms with Gasteiger partial charge in [-0.25, -0.2) is 0 Å². The molecule has 0 radical (unpaired) electrons. The minimum Gasteiger partial charge on any atom is -0.496 e. The van der Waals surface area contributed by atoms with Crippen LogP contribution in [0.4, 0.5) is 0 Å². The van der Waals surface area contributed by atoms with Crippen LogP contribution in [0.15, 0.2) is 12.1 Å². The van der Waals surface area contributed by atoms with E-state index < -0.39 is 0 Å². The molecule has 1 aromatic rings. The zero-order valence-corrected chi connectivity index (χ0v) is 11.7. The van der Waals surface area contributed by atoms with Crippen molar-refractivity contribution < 1.29 is 19.1 Å². The zero-order valence-electron chi connectivity index (χ0n) is 11.7. The Morgan fingerprint density at radius 3 is 2.58 bits per heavy atom. The van der Waals surface area contributed by atoms with Gasteiger partial charge < -0.3 is 9.47 Å². The van der Waals surface area contributed by atoms with Crippen molar-refractivity contribution in [2.24, 2.45) is 0 Å². The van der Waals surface area contributed by atoms with Crippen molar-refractivity contribution in [2.75, 3.05) is 13.7 Å². The van der Waals surface area contributed by atoms with E-state index >= 15 is 0 Å². The van der Waals surface area contributed by atoms with Crippen LogP contribution in [-0.4, -0.2) is 26.0 Å². The summed E-state index contributed by atoms with van der Waals surface area (Å²) in [5, 5.41) is 0. The van der Waals surface area contributed by atoms with Gasteiger partial charge in [0.15, 0.2) is 6.29 Å². The predicted octanol–water partition coefficient (Wildman–Crippen LogP) is 2.57. The first kappa shape index (κ1) is 15.2. The monoisotopic (exact) mass is 264 g/mol. The number of methoxy groups -OCH3 is 1. The molecule has 0 aliphatic rings. The summed E-state index contributed by atoms with van der Waals surface area (Å²) in [6, 6.07) is 3.67. The van der Waals surface area contributed by atoms with Gasteiger partial charge in [-0.2, -0.15) is 0 Å². The fourth-order valence-electron chi connectivity index (χ4n) is 2.12. The molecule has 0 N–H and O–H groups in total. The van der Waals surface area contributed by atoms with E-state index in [2.05, 4.69) is 0 Å². The summed E-state index contributed by atoms with van der Waals surface area (Å²) in [5.41, 5.74) is 2.52. The van der Waals surface area contributed by atoms with Crippen molar-refractivity contribution in [3.05, 3.63) is 28.8 Å². The molecule has 1 rings (SSSR count). The fraction of sp³-hybridized carbons (Fsp3) is 0.467. The van der Waals surface area contributed by atoms with Gasteiger partial charge in [0.1, 0.15) is 5.75 Å². The molecule has 0 atom stereocenters. The van der Waals surface area contributed by atoms with Crippen LogP contribution < -0.4 is 4.74 Å². The van der Waals surface area contributed by atoms with Crippen molar-refractivity contribution in [1.29, 1.82) is 0 Å². The summed E-state index contributed by atoms with van der Waals surface area (Å²) in [7, 11) is 1.54. The molecule has 1 aromatic carbocycles. The smallest absolute Gasteiger partial charge is 0.306 e. The minimum atomic E-state index is -0.215. The lowest BCUT2D eigenvalue weighted by atomic mass is 9.95. The lowest BCUT2D eigenvalue weighted by molar-refractivity contribution is -0.143. The quantitative estimate of drug-likeness (QED) is 0.561. The highest BCUT2D eigenvalue weighted by molar-refractivity contribution is 5.82. The molecule has 0 spiro atoms. The first-order chi connectivity index (χ1) is 9.17. The molecule has 0 aromatic heterocycles. The van der Waals surface area contributed by atoms with Gasteiger partial charge in [0, 0.05) is 6.42 Å². The number of esters is 1. The second-order valence-corrected chi connectivity index (χ2v) is 4.10. The van der Waals surface area contributed by atoms with E-state index in [1.54, 1.807) is 20.1 Å². The van der Waals surface area contributed by atoms with E-state index in [9.17, 15) is 9.59 Å². The van der Waals surface area contributed by atoms with Crippen molar-refractivity contribution >= 4 is 12.3 Å². The second kappa shape index (κ2) is 7.56. The molecule has 4 nitrogen and oxygen atoms in total. The number of benzene rings is 1. The summed E-state index contributed by atoms with van der Waals surface area (Å²) < 4.78 is 10.1. The molecule has 4 heteroatoms. The highest BCUT2D eigenvalue weighted by Crippen LogP contribution is 2.25. The van der Waals surface area contributed by atoms with E-state index in [4.69, 9.17) is 9.47 Å². The summed E-state index contributed by atoms with van der Waals surface area (Å²) in [6.45, 7) is 4.16. The standard InChI is InChI=1S/C15H20O4/c1-4-12-11(7-9-15(17)19-5-2)6-8-14(18-3)13(12)10-16/h6,8,10H,4-5,7,9H2,1-3H3. The van der Waals surface area contributed by atoms with Crippen LogP contribution >= 0.6 is 0 Å². The summed E-state index contributed by atoms with van der Waals surface area (Å²) >= 11 is 0. The average molecular weight is 264 g/mol. The van der Waals surface area contributed by atoms with Gasteiger partial charge >= 0.3 is 5.97 Å². The SMILES string of the molecule is CCOC(=O)CCc1ccc(OC)c(C=O)c1CC. The van der Waals surface area contributed by atoms with Gasteiger partial charge in [-0.3, -0.25) is 9.59 Å². The zero-order chi connectivity index (χ0) is 14.3. The van der Waals surface area contributed by atoms with Crippen LogP contribution in [0.1, 0.15) is 41.8 Å². The van der Waals surface area contributed by atoms with Crippen molar-refractivity contribution in [3.8, 4) is 5.75 Å². The van der Waals surface area contributed by atoms with Crippen LogP contribution in [0.25, 0.3) is 0 Å². The van der Waals surface area contributed by atoms with Crippen LogP contribution in [-0.2, 0) is 22.4 Å². The Bertz CT molecular complexity index is 452. The number of aldehydes is 1. The van der Waals surface area contributed by atoms with Crippen LogP contribution in [0, 0.1) is 0 Å². The highest BCUT2D eigenvalue weighted by Gasteiger charge is 2.13. The van der Waals surface area contributed by atoms with E-state index in [0.29, 0.717) is 30.8 Å². The van der Waals surface area contributed by atoms with Crippen LogP contribution in [0.5, 0.6) is 5.75 Å². The molecule has 0 unspecified atom stereocenters. The number of carbonyl (C=O) groups is 2. The molecule has 0 amide bonds. The Kier molecular flexibility index (Phi) is 6.06. The normalized spacial score (nSPS) is 10.1. The first-order valence-corrected chi connectivity index (χ1v) is 6.47. The number of hydrogen-bond acceptors (Lipinski definition) is 4. The molecule has 0 saturated carbocycles. The third-order valence-electron chi connectivity index (χ3n) is 3.01. The molecule has 0 fully saturated rings.